The molecule has 1 N–H and O–H groups in total. The minimum Gasteiger partial charge on any atom is -0.352 e. The number of rotatable bonds is 3. The van der Waals surface area contributed by atoms with Gasteiger partial charge in [0.05, 0.1) is 0 Å². The molecular weight excluding hydrogens is 284 g/mol. The van der Waals surface area contributed by atoms with E-state index in [2.05, 4.69) is 5.32 Å². The second kappa shape index (κ2) is 6.53. The van der Waals surface area contributed by atoms with Crippen LogP contribution in [0.1, 0.15) is 41.6 Å². The van der Waals surface area contributed by atoms with Crippen LogP contribution in [0.2, 0.25) is 0 Å². The Kier molecular flexibility index (Phi) is 4.97. The summed E-state index contributed by atoms with van der Waals surface area (Å²) in [4.78, 5) is 11.9. The van der Waals surface area contributed by atoms with E-state index in [-0.39, 0.29) is 16.9 Å². The highest BCUT2D eigenvalue weighted by Gasteiger charge is 2.23. The summed E-state index contributed by atoms with van der Waals surface area (Å²) in [6.07, 6.45) is 3.85. The minimum atomic E-state index is -0.829. The molecule has 0 spiro atoms. The van der Waals surface area contributed by atoms with Crippen molar-refractivity contribution in [2.24, 2.45) is 5.92 Å². The third-order valence-corrected chi connectivity index (χ3v) is 4.18. The molecule has 1 aromatic carbocycles. The average molecular weight is 302 g/mol. The molecule has 2 nitrogen and oxygen atoms in total. The molecule has 110 valence electrons. The Bertz CT molecular complexity index is 507. The van der Waals surface area contributed by atoms with Crippen molar-refractivity contribution in [3.05, 3.63) is 34.9 Å². The van der Waals surface area contributed by atoms with Gasteiger partial charge in [-0.1, -0.05) is 12.5 Å². The number of nitrogens with one attached hydrogen (secondary N) is 1. The minimum absolute atomic E-state index is 0.137. The van der Waals surface area contributed by atoms with E-state index in [0.29, 0.717) is 6.54 Å². The lowest BCUT2D eigenvalue weighted by molar-refractivity contribution is 0.0935. The molecule has 0 aromatic heterocycles. The lowest BCUT2D eigenvalue weighted by Gasteiger charge is -2.25. The zero-order valence-electron chi connectivity index (χ0n) is 11.4. The molecule has 2 atom stereocenters. The first-order valence-electron chi connectivity index (χ1n) is 6.86. The van der Waals surface area contributed by atoms with Gasteiger partial charge in [-0.3, -0.25) is 4.79 Å². The summed E-state index contributed by atoms with van der Waals surface area (Å²) in [5.41, 5.74) is -0.238. The lowest BCUT2D eigenvalue weighted by atomic mass is 9.89. The van der Waals surface area contributed by atoms with E-state index >= 15 is 0 Å². The molecular formula is C15H18ClF2NO. The highest BCUT2D eigenvalue weighted by molar-refractivity contribution is 6.20. The van der Waals surface area contributed by atoms with Gasteiger partial charge in [0, 0.05) is 11.9 Å². The fourth-order valence-corrected chi connectivity index (χ4v) is 3.01. The van der Waals surface area contributed by atoms with Crippen molar-refractivity contribution in [2.45, 2.75) is 38.0 Å². The summed E-state index contributed by atoms with van der Waals surface area (Å²) >= 11 is 6.08. The average Bonchev–Trinajstić information content (AvgIpc) is 2.41. The van der Waals surface area contributed by atoms with E-state index in [1.54, 1.807) is 0 Å². The number of amides is 1. The van der Waals surface area contributed by atoms with Gasteiger partial charge < -0.3 is 5.32 Å². The van der Waals surface area contributed by atoms with Gasteiger partial charge in [0.2, 0.25) is 0 Å². The number of benzene rings is 1. The zero-order valence-corrected chi connectivity index (χ0v) is 12.1. The van der Waals surface area contributed by atoms with Crippen molar-refractivity contribution in [1.29, 1.82) is 0 Å². The summed E-state index contributed by atoms with van der Waals surface area (Å²) in [6, 6.07) is 2.43. The highest BCUT2D eigenvalue weighted by atomic mass is 35.5. The van der Waals surface area contributed by atoms with Crippen LogP contribution in [0.25, 0.3) is 0 Å². The molecule has 2 unspecified atom stereocenters. The maximum Gasteiger partial charge on any atom is 0.257 e. The number of alkyl halides is 1. The highest BCUT2D eigenvalue weighted by Crippen LogP contribution is 2.27. The van der Waals surface area contributed by atoms with Gasteiger partial charge in [-0.25, -0.2) is 8.78 Å². The van der Waals surface area contributed by atoms with Crippen LogP contribution in [0, 0.1) is 24.5 Å². The second-order valence-electron chi connectivity index (χ2n) is 5.39. The first kappa shape index (κ1) is 15.2. The number of hydrogen-bond acceptors (Lipinski definition) is 1. The second-order valence-corrected chi connectivity index (χ2v) is 6.01. The van der Waals surface area contributed by atoms with Crippen LogP contribution in [-0.4, -0.2) is 17.8 Å². The van der Waals surface area contributed by atoms with Crippen molar-refractivity contribution in [1.82, 2.24) is 5.32 Å². The number of carbonyl (C=O) groups is 1. The summed E-state index contributed by atoms with van der Waals surface area (Å²) < 4.78 is 27.4. The molecule has 1 aliphatic rings. The Morgan fingerprint density at radius 2 is 2.15 bits per heavy atom. The molecule has 0 aliphatic heterocycles. The van der Waals surface area contributed by atoms with Gasteiger partial charge in [0.25, 0.3) is 5.91 Å². The van der Waals surface area contributed by atoms with Gasteiger partial charge >= 0.3 is 0 Å². The third kappa shape index (κ3) is 3.48. The van der Waals surface area contributed by atoms with Gasteiger partial charge in [-0.05, 0) is 43.7 Å². The van der Waals surface area contributed by atoms with E-state index in [0.717, 1.165) is 31.7 Å². The largest absolute Gasteiger partial charge is 0.352 e. The topological polar surface area (TPSA) is 29.1 Å². The summed E-state index contributed by atoms with van der Waals surface area (Å²) in [6.45, 7) is 1.92. The van der Waals surface area contributed by atoms with Crippen molar-refractivity contribution in [3.8, 4) is 0 Å². The quantitative estimate of drug-likeness (QED) is 0.845. The molecule has 1 amide bonds. The molecule has 0 heterocycles. The normalized spacial score (nSPS) is 22.6. The van der Waals surface area contributed by atoms with Crippen LogP contribution in [0.3, 0.4) is 0 Å². The number of hydrogen-bond donors (Lipinski definition) is 1. The fraction of sp³-hybridized carbons (Fsp3) is 0.533. The fourth-order valence-electron chi connectivity index (χ4n) is 2.60. The Labute approximate surface area is 122 Å². The summed E-state index contributed by atoms with van der Waals surface area (Å²) in [5, 5.41) is 2.76. The predicted molar refractivity (Wildman–Crippen MR) is 75.0 cm³/mol. The van der Waals surface area contributed by atoms with Crippen LogP contribution in [-0.2, 0) is 0 Å². The standard InChI is InChI=1S/C15H18ClF2NO/c1-9-5-6-12(17)13(14(9)18)15(20)19-8-10-3-2-4-11(16)7-10/h5-6,10-11H,2-4,7-8H2,1H3,(H,19,20). The number of halogens is 3. The molecule has 1 fully saturated rings. The molecule has 5 heteroatoms. The van der Waals surface area contributed by atoms with E-state index in [1.165, 1.54) is 13.0 Å². The third-order valence-electron chi connectivity index (χ3n) is 3.78. The van der Waals surface area contributed by atoms with Crippen molar-refractivity contribution >= 4 is 17.5 Å². The Morgan fingerprint density at radius 1 is 1.40 bits per heavy atom. The Morgan fingerprint density at radius 3 is 2.85 bits per heavy atom. The number of aryl methyl sites for hydroxylation is 1. The molecule has 0 bridgehead atoms. The molecule has 0 saturated heterocycles. The molecule has 1 aliphatic carbocycles. The summed E-state index contributed by atoms with van der Waals surface area (Å²) in [5.74, 6) is -2.03. The first-order chi connectivity index (χ1) is 9.49. The van der Waals surface area contributed by atoms with Crippen LogP contribution in [0.5, 0.6) is 0 Å². The monoisotopic (exact) mass is 301 g/mol. The molecule has 0 radical (unpaired) electrons. The van der Waals surface area contributed by atoms with Crippen molar-refractivity contribution < 1.29 is 13.6 Å². The molecule has 1 aromatic rings. The zero-order chi connectivity index (χ0) is 14.7. The maximum absolute atomic E-state index is 13.8. The number of carbonyl (C=O) groups excluding carboxylic acids is 1. The van der Waals surface area contributed by atoms with E-state index in [1.807, 2.05) is 0 Å². The molecule has 20 heavy (non-hydrogen) atoms. The van der Waals surface area contributed by atoms with Crippen LogP contribution < -0.4 is 5.32 Å². The van der Waals surface area contributed by atoms with E-state index in [4.69, 9.17) is 11.6 Å². The first-order valence-corrected chi connectivity index (χ1v) is 7.29. The van der Waals surface area contributed by atoms with E-state index < -0.39 is 23.1 Å². The lowest BCUT2D eigenvalue weighted by Crippen LogP contribution is -2.33. The van der Waals surface area contributed by atoms with Gasteiger partial charge in [-0.15, -0.1) is 11.6 Å². The SMILES string of the molecule is Cc1ccc(F)c(C(=O)NCC2CCCC(Cl)C2)c1F. The van der Waals surface area contributed by atoms with E-state index in [9.17, 15) is 13.6 Å². The van der Waals surface area contributed by atoms with Gasteiger partial charge in [-0.2, -0.15) is 0 Å². The predicted octanol–water partition coefficient (Wildman–Crippen LogP) is 3.80. The Balaban J connectivity index is 2.00. The van der Waals surface area contributed by atoms with Gasteiger partial charge in [0.1, 0.15) is 17.2 Å². The molecule has 1 saturated carbocycles. The van der Waals surface area contributed by atoms with Crippen molar-refractivity contribution in [3.63, 3.8) is 0 Å². The van der Waals surface area contributed by atoms with Crippen LogP contribution in [0.4, 0.5) is 8.78 Å². The summed E-state index contributed by atoms with van der Waals surface area (Å²) in [7, 11) is 0. The van der Waals surface area contributed by atoms with Crippen molar-refractivity contribution in [2.75, 3.05) is 6.54 Å². The smallest absolute Gasteiger partial charge is 0.257 e. The maximum atomic E-state index is 13.8. The molecule has 2 rings (SSSR count). The van der Waals surface area contributed by atoms with Crippen LogP contribution >= 0.6 is 11.6 Å². The Hall–Kier alpha value is -1.16. The van der Waals surface area contributed by atoms with Crippen LogP contribution in [0.15, 0.2) is 12.1 Å². The van der Waals surface area contributed by atoms with Gasteiger partial charge in [0.15, 0.2) is 0 Å².